The summed E-state index contributed by atoms with van der Waals surface area (Å²) in [6, 6.07) is 10.2. The predicted molar refractivity (Wildman–Crippen MR) is 118 cm³/mol. The van der Waals surface area contributed by atoms with E-state index in [0.29, 0.717) is 39.6 Å². The number of ether oxygens (including phenoxy) is 4. The van der Waals surface area contributed by atoms with Crippen LogP contribution in [0.3, 0.4) is 0 Å². The lowest BCUT2D eigenvalue weighted by Crippen LogP contribution is -2.10. The number of hydrogen-bond acceptors (Lipinski definition) is 7. The van der Waals surface area contributed by atoms with E-state index < -0.39 is 11.9 Å². The molecule has 0 atom stereocenters. The molecule has 2 aromatic heterocycles. The largest absolute Gasteiger partial charge is 0.493 e. The maximum atomic E-state index is 12.8. The van der Waals surface area contributed by atoms with Crippen LogP contribution in [0, 0.1) is 0 Å². The molecule has 4 rings (SSSR count). The minimum absolute atomic E-state index is 0.0926. The molecule has 166 valence electrons. The fourth-order valence-electron chi connectivity index (χ4n) is 3.48. The average Bonchev–Trinajstić information content (AvgIpc) is 3.41. The van der Waals surface area contributed by atoms with Crippen LogP contribution < -0.4 is 19.5 Å². The Morgan fingerprint density at radius 3 is 2.44 bits per heavy atom. The van der Waals surface area contributed by atoms with Gasteiger partial charge in [-0.05, 0) is 43.3 Å². The second-order valence-electron chi connectivity index (χ2n) is 6.83. The fourth-order valence-corrected chi connectivity index (χ4v) is 3.48. The van der Waals surface area contributed by atoms with Crippen molar-refractivity contribution >= 4 is 39.4 Å². The Bertz CT molecular complexity index is 1320. The zero-order chi connectivity index (χ0) is 22.8. The van der Waals surface area contributed by atoms with E-state index in [1.807, 2.05) is 0 Å². The Morgan fingerprint density at radius 2 is 1.75 bits per heavy atom. The van der Waals surface area contributed by atoms with Crippen molar-refractivity contribution in [3.8, 4) is 17.2 Å². The number of carbonyl (C=O) groups is 2. The second-order valence-corrected chi connectivity index (χ2v) is 6.83. The quantitative estimate of drug-likeness (QED) is 0.412. The molecule has 2 aromatic carbocycles. The number of methoxy groups -OCH3 is 3. The van der Waals surface area contributed by atoms with Crippen LogP contribution >= 0.6 is 0 Å². The molecule has 0 saturated carbocycles. The van der Waals surface area contributed by atoms with E-state index in [1.165, 1.54) is 21.3 Å². The summed E-state index contributed by atoms with van der Waals surface area (Å²) in [5.41, 5.74) is 2.01. The van der Waals surface area contributed by atoms with Crippen molar-refractivity contribution in [1.29, 1.82) is 0 Å². The highest BCUT2D eigenvalue weighted by Gasteiger charge is 2.22. The van der Waals surface area contributed by atoms with Crippen LogP contribution in [0.15, 0.2) is 40.8 Å². The van der Waals surface area contributed by atoms with Crippen molar-refractivity contribution in [2.24, 2.45) is 0 Å². The van der Waals surface area contributed by atoms with Gasteiger partial charge in [0.25, 0.3) is 5.91 Å². The molecule has 0 aliphatic rings. The molecular formula is C23H22N2O7. The molecule has 2 N–H and O–H groups in total. The van der Waals surface area contributed by atoms with Crippen molar-refractivity contribution in [1.82, 2.24) is 4.98 Å². The summed E-state index contributed by atoms with van der Waals surface area (Å²) >= 11 is 0. The number of amides is 1. The molecule has 2 heterocycles. The third-order valence-electron chi connectivity index (χ3n) is 4.91. The molecule has 0 radical (unpaired) electrons. The Kier molecular flexibility index (Phi) is 5.63. The lowest BCUT2D eigenvalue weighted by Gasteiger charge is -2.11. The first-order chi connectivity index (χ1) is 15.5. The van der Waals surface area contributed by atoms with Gasteiger partial charge in [0.1, 0.15) is 5.69 Å². The summed E-state index contributed by atoms with van der Waals surface area (Å²) in [6.45, 7) is 2.03. The number of nitrogens with one attached hydrogen (secondary N) is 2. The van der Waals surface area contributed by atoms with Crippen molar-refractivity contribution in [3.05, 3.63) is 47.9 Å². The molecule has 0 aliphatic heterocycles. The highest BCUT2D eigenvalue weighted by Crippen LogP contribution is 2.44. The molecule has 4 aromatic rings. The zero-order valence-electron chi connectivity index (χ0n) is 18.0. The maximum absolute atomic E-state index is 12.8. The van der Waals surface area contributed by atoms with Crippen LogP contribution in [0.1, 0.15) is 28.0 Å². The van der Waals surface area contributed by atoms with Gasteiger partial charge in [-0.1, -0.05) is 0 Å². The second kappa shape index (κ2) is 8.54. The standard InChI is InChI=1S/C23H22N2O7/c1-5-31-23(27)16-9-12-8-14(6-7-15(12)25-16)24-22(26)18-11-13-10-17(28-2)20(29-3)21(30-4)19(13)32-18/h6-11,25H,5H2,1-4H3,(H,24,26). The summed E-state index contributed by atoms with van der Waals surface area (Å²) < 4.78 is 26.9. The smallest absolute Gasteiger partial charge is 0.354 e. The number of H-pyrrole nitrogens is 1. The van der Waals surface area contributed by atoms with E-state index in [9.17, 15) is 9.59 Å². The molecule has 0 aliphatic carbocycles. The van der Waals surface area contributed by atoms with Crippen molar-refractivity contribution in [3.63, 3.8) is 0 Å². The summed E-state index contributed by atoms with van der Waals surface area (Å²) in [6.07, 6.45) is 0. The molecule has 9 nitrogen and oxygen atoms in total. The van der Waals surface area contributed by atoms with Gasteiger partial charge in [-0.3, -0.25) is 4.79 Å². The van der Waals surface area contributed by atoms with Crippen LogP contribution in [0.2, 0.25) is 0 Å². The van der Waals surface area contributed by atoms with Gasteiger partial charge in [-0.2, -0.15) is 0 Å². The number of aromatic nitrogens is 1. The summed E-state index contributed by atoms with van der Waals surface area (Å²) in [5, 5.41) is 4.19. The van der Waals surface area contributed by atoms with E-state index in [2.05, 4.69) is 10.3 Å². The number of aromatic amines is 1. The molecule has 0 bridgehead atoms. The Morgan fingerprint density at radius 1 is 0.969 bits per heavy atom. The van der Waals surface area contributed by atoms with Gasteiger partial charge in [0, 0.05) is 22.0 Å². The monoisotopic (exact) mass is 438 g/mol. The predicted octanol–water partition coefficient (Wildman–Crippen LogP) is 4.37. The average molecular weight is 438 g/mol. The van der Waals surface area contributed by atoms with Gasteiger partial charge in [-0.15, -0.1) is 0 Å². The van der Waals surface area contributed by atoms with Crippen LogP contribution in [0.5, 0.6) is 17.2 Å². The van der Waals surface area contributed by atoms with Crippen LogP contribution in [0.25, 0.3) is 21.9 Å². The number of rotatable bonds is 7. The minimum Gasteiger partial charge on any atom is -0.493 e. The van der Waals surface area contributed by atoms with Crippen molar-refractivity contribution in [2.75, 3.05) is 33.3 Å². The first-order valence-corrected chi connectivity index (χ1v) is 9.82. The normalized spacial score (nSPS) is 10.9. The number of anilines is 1. The summed E-state index contributed by atoms with van der Waals surface area (Å²) in [5.74, 6) is 0.383. The van der Waals surface area contributed by atoms with E-state index in [1.54, 1.807) is 43.3 Å². The number of esters is 1. The van der Waals surface area contributed by atoms with Crippen LogP contribution in [-0.2, 0) is 4.74 Å². The van der Waals surface area contributed by atoms with E-state index in [0.717, 1.165) is 10.9 Å². The molecule has 1 amide bonds. The summed E-state index contributed by atoms with van der Waals surface area (Å²) in [7, 11) is 4.49. The van der Waals surface area contributed by atoms with Crippen molar-refractivity contribution in [2.45, 2.75) is 6.92 Å². The molecule has 32 heavy (non-hydrogen) atoms. The van der Waals surface area contributed by atoms with Crippen LogP contribution in [0.4, 0.5) is 5.69 Å². The maximum Gasteiger partial charge on any atom is 0.354 e. The Labute approximate surface area is 183 Å². The highest BCUT2D eigenvalue weighted by molar-refractivity contribution is 6.06. The molecule has 0 saturated heterocycles. The third-order valence-corrected chi connectivity index (χ3v) is 4.91. The molecule has 0 spiro atoms. The number of hydrogen-bond donors (Lipinski definition) is 2. The third kappa shape index (κ3) is 3.68. The molecule has 0 unspecified atom stereocenters. The molecule has 9 heteroatoms. The minimum atomic E-state index is -0.443. The number of fused-ring (bicyclic) bond motifs is 2. The van der Waals surface area contributed by atoms with Gasteiger partial charge >= 0.3 is 5.97 Å². The lowest BCUT2D eigenvalue weighted by molar-refractivity contribution is 0.0520. The van der Waals surface area contributed by atoms with Gasteiger partial charge in [0.15, 0.2) is 17.1 Å². The number of benzene rings is 2. The van der Waals surface area contributed by atoms with Gasteiger partial charge < -0.3 is 33.7 Å². The fraction of sp³-hybridized carbons (Fsp3) is 0.217. The van der Waals surface area contributed by atoms with E-state index in [4.69, 9.17) is 23.4 Å². The number of furan rings is 1. The first-order valence-electron chi connectivity index (χ1n) is 9.82. The van der Waals surface area contributed by atoms with Crippen LogP contribution in [-0.4, -0.2) is 44.8 Å². The lowest BCUT2D eigenvalue weighted by atomic mass is 10.2. The van der Waals surface area contributed by atoms with E-state index in [-0.39, 0.29) is 12.4 Å². The molecular weight excluding hydrogens is 416 g/mol. The summed E-state index contributed by atoms with van der Waals surface area (Å²) in [4.78, 5) is 27.8. The SMILES string of the molecule is CCOC(=O)c1cc2cc(NC(=O)c3cc4cc(OC)c(OC)c(OC)c4o3)ccc2[nH]1. The number of carbonyl (C=O) groups excluding carboxylic acids is 2. The highest BCUT2D eigenvalue weighted by atomic mass is 16.5. The van der Waals surface area contributed by atoms with Crippen molar-refractivity contribution < 1.29 is 33.0 Å². The zero-order valence-corrected chi connectivity index (χ0v) is 18.0. The Hall–Kier alpha value is -4.14. The van der Waals surface area contributed by atoms with E-state index >= 15 is 0 Å². The van der Waals surface area contributed by atoms with Gasteiger partial charge in [-0.25, -0.2) is 4.79 Å². The molecule has 0 fully saturated rings. The van der Waals surface area contributed by atoms with Gasteiger partial charge in [0.05, 0.1) is 27.9 Å². The van der Waals surface area contributed by atoms with Gasteiger partial charge in [0.2, 0.25) is 11.5 Å². The first kappa shape index (κ1) is 21.1. The Balaban J connectivity index is 1.63. The topological polar surface area (TPSA) is 112 Å².